The summed E-state index contributed by atoms with van der Waals surface area (Å²) in [5, 5.41) is 2.77. The predicted octanol–water partition coefficient (Wildman–Crippen LogP) is 2.76. The van der Waals surface area contributed by atoms with E-state index in [2.05, 4.69) is 10.2 Å². The molecule has 2 aromatic carbocycles. The van der Waals surface area contributed by atoms with Gasteiger partial charge >= 0.3 is 0 Å². The van der Waals surface area contributed by atoms with E-state index in [1.807, 2.05) is 59.5 Å². The lowest BCUT2D eigenvalue weighted by Crippen LogP contribution is -2.49. The number of hydrogen-bond donors (Lipinski definition) is 1. The molecule has 0 aromatic heterocycles. The number of nitrogens with one attached hydrogen (secondary N) is 1. The van der Waals surface area contributed by atoms with Crippen LogP contribution in [0.2, 0.25) is 0 Å². The van der Waals surface area contributed by atoms with E-state index in [1.54, 1.807) is 0 Å². The first-order chi connectivity index (χ1) is 13.1. The Balaban J connectivity index is 1.42. The number of carbonyl (C=O) groups excluding carboxylic acids is 2. The third-order valence-electron chi connectivity index (χ3n) is 4.51. The Kier molecular flexibility index (Phi) is 6.30. The fourth-order valence-corrected chi connectivity index (χ4v) is 3.10. The van der Waals surface area contributed by atoms with Gasteiger partial charge in [-0.3, -0.25) is 9.59 Å². The first kappa shape index (κ1) is 18.8. The number of piperazine rings is 1. The topological polar surface area (TPSA) is 61.9 Å². The summed E-state index contributed by atoms with van der Waals surface area (Å²) in [5.41, 5.74) is 1.89. The van der Waals surface area contributed by atoms with Crippen LogP contribution in [0.25, 0.3) is 0 Å². The average Bonchev–Trinajstić information content (AvgIpc) is 2.69. The molecule has 0 aliphatic carbocycles. The van der Waals surface area contributed by atoms with Gasteiger partial charge in [0.15, 0.2) is 0 Å². The van der Waals surface area contributed by atoms with Crippen molar-refractivity contribution in [2.24, 2.45) is 0 Å². The molecule has 6 heteroatoms. The molecule has 0 saturated carbocycles. The van der Waals surface area contributed by atoms with Crippen LogP contribution in [-0.4, -0.2) is 49.5 Å². The van der Waals surface area contributed by atoms with Crippen molar-refractivity contribution in [3.8, 4) is 5.75 Å². The standard InChI is InChI=1S/C21H25N3O3/c1-17(25)22-18-7-9-19(10-8-18)23-12-14-24(15-13-23)21(26)11-16-27-20-5-3-2-4-6-20/h2-10H,11-16H2,1H3,(H,22,25). The fourth-order valence-electron chi connectivity index (χ4n) is 3.10. The largest absolute Gasteiger partial charge is 0.493 e. The van der Waals surface area contributed by atoms with Crippen LogP contribution in [0, 0.1) is 0 Å². The smallest absolute Gasteiger partial charge is 0.226 e. The van der Waals surface area contributed by atoms with Crippen molar-refractivity contribution in [2.75, 3.05) is 43.0 Å². The maximum absolute atomic E-state index is 12.4. The molecule has 2 amide bonds. The van der Waals surface area contributed by atoms with Crippen LogP contribution in [0.3, 0.4) is 0 Å². The van der Waals surface area contributed by atoms with E-state index >= 15 is 0 Å². The van der Waals surface area contributed by atoms with Crippen molar-refractivity contribution < 1.29 is 14.3 Å². The Bertz CT molecular complexity index is 754. The van der Waals surface area contributed by atoms with Crippen molar-refractivity contribution in [3.63, 3.8) is 0 Å². The third kappa shape index (κ3) is 5.48. The monoisotopic (exact) mass is 367 g/mol. The van der Waals surface area contributed by atoms with Crippen molar-refractivity contribution in [1.29, 1.82) is 0 Å². The molecule has 142 valence electrons. The lowest BCUT2D eigenvalue weighted by molar-refractivity contribution is -0.132. The highest BCUT2D eigenvalue weighted by Crippen LogP contribution is 2.20. The molecule has 3 rings (SSSR count). The molecule has 1 saturated heterocycles. The molecule has 1 heterocycles. The number of hydrogen-bond acceptors (Lipinski definition) is 4. The zero-order valence-electron chi connectivity index (χ0n) is 15.6. The van der Waals surface area contributed by atoms with Crippen LogP contribution in [0.15, 0.2) is 54.6 Å². The first-order valence-electron chi connectivity index (χ1n) is 9.20. The second kappa shape index (κ2) is 9.07. The number of amides is 2. The Labute approximate surface area is 159 Å². The van der Waals surface area contributed by atoms with E-state index < -0.39 is 0 Å². The second-order valence-electron chi connectivity index (χ2n) is 6.51. The van der Waals surface area contributed by atoms with Crippen LogP contribution in [0.4, 0.5) is 11.4 Å². The maximum Gasteiger partial charge on any atom is 0.226 e. The zero-order valence-corrected chi connectivity index (χ0v) is 15.6. The molecule has 2 aromatic rings. The number of rotatable bonds is 6. The van der Waals surface area contributed by atoms with Crippen LogP contribution < -0.4 is 15.0 Å². The third-order valence-corrected chi connectivity index (χ3v) is 4.51. The van der Waals surface area contributed by atoms with Gasteiger partial charge in [0.05, 0.1) is 13.0 Å². The molecular formula is C21H25N3O3. The van der Waals surface area contributed by atoms with Gasteiger partial charge in [-0.15, -0.1) is 0 Å². The summed E-state index contributed by atoms with van der Waals surface area (Å²) in [6, 6.07) is 17.3. The maximum atomic E-state index is 12.4. The van der Waals surface area contributed by atoms with Gasteiger partial charge in [0.2, 0.25) is 11.8 Å². The van der Waals surface area contributed by atoms with Crippen molar-refractivity contribution in [2.45, 2.75) is 13.3 Å². The number of anilines is 2. The summed E-state index contributed by atoms with van der Waals surface area (Å²) < 4.78 is 5.61. The Hall–Kier alpha value is -3.02. The predicted molar refractivity (Wildman–Crippen MR) is 106 cm³/mol. The van der Waals surface area contributed by atoms with Crippen LogP contribution in [0.1, 0.15) is 13.3 Å². The van der Waals surface area contributed by atoms with Gasteiger partial charge in [-0.1, -0.05) is 18.2 Å². The lowest BCUT2D eigenvalue weighted by atomic mass is 10.2. The molecule has 1 aliphatic heterocycles. The highest BCUT2D eigenvalue weighted by molar-refractivity contribution is 5.88. The quantitative estimate of drug-likeness (QED) is 0.853. The number of carbonyl (C=O) groups is 2. The molecule has 0 spiro atoms. The number of para-hydroxylation sites is 1. The summed E-state index contributed by atoms with van der Waals surface area (Å²) in [6.07, 6.45) is 0.389. The minimum Gasteiger partial charge on any atom is -0.493 e. The van der Waals surface area contributed by atoms with Crippen molar-refractivity contribution in [3.05, 3.63) is 54.6 Å². The first-order valence-corrected chi connectivity index (χ1v) is 9.20. The minimum atomic E-state index is -0.0777. The van der Waals surface area contributed by atoms with E-state index in [9.17, 15) is 9.59 Å². The second-order valence-corrected chi connectivity index (χ2v) is 6.51. The van der Waals surface area contributed by atoms with Crippen LogP contribution in [0.5, 0.6) is 5.75 Å². The van der Waals surface area contributed by atoms with Gasteiger partial charge in [-0.25, -0.2) is 0 Å². The highest BCUT2D eigenvalue weighted by Gasteiger charge is 2.21. The molecule has 0 atom stereocenters. The van der Waals surface area contributed by atoms with Crippen molar-refractivity contribution >= 4 is 23.2 Å². The molecule has 0 bridgehead atoms. The summed E-state index contributed by atoms with van der Waals surface area (Å²) in [4.78, 5) is 27.6. The SMILES string of the molecule is CC(=O)Nc1ccc(N2CCN(C(=O)CCOc3ccccc3)CC2)cc1. The summed E-state index contributed by atoms with van der Waals surface area (Å²) in [7, 11) is 0. The van der Waals surface area contributed by atoms with Gasteiger partial charge in [-0.05, 0) is 36.4 Å². The lowest BCUT2D eigenvalue weighted by Gasteiger charge is -2.36. The fraction of sp³-hybridized carbons (Fsp3) is 0.333. The molecule has 1 fully saturated rings. The summed E-state index contributed by atoms with van der Waals surface area (Å²) >= 11 is 0. The molecule has 27 heavy (non-hydrogen) atoms. The van der Waals surface area contributed by atoms with Gasteiger partial charge in [-0.2, -0.15) is 0 Å². The van der Waals surface area contributed by atoms with E-state index in [-0.39, 0.29) is 11.8 Å². The van der Waals surface area contributed by atoms with Gasteiger partial charge in [0.25, 0.3) is 0 Å². The molecule has 0 radical (unpaired) electrons. The number of benzene rings is 2. The summed E-state index contributed by atoms with van der Waals surface area (Å²) in [6.45, 7) is 4.90. The van der Waals surface area contributed by atoms with E-state index in [0.717, 1.165) is 30.2 Å². The molecule has 0 unspecified atom stereocenters. The molecule has 1 N–H and O–H groups in total. The zero-order chi connectivity index (χ0) is 19.1. The van der Waals surface area contributed by atoms with E-state index in [4.69, 9.17) is 4.74 Å². The van der Waals surface area contributed by atoms with Crippen LogP contribution >= 0.6 is 0 Å². The van der Waals surface area contributed by atoms with E-state index in [1.165, 1.54) is 6.92 Å². The molecule has 1 aliphatic rings. The van der Waals surface area contributed by atoms with E-state index in [0.29, 0.717) is 26.1 Å². The number of ether oxygens (including phenoxy) is 1. The van der Waals surface area contributed by atoms with Crippen LogP contribution in [-0.2, 0) is 9.59 Å². The highest BCUT2D eigenvalue weighted by atomic mass is 16.5. The molecule has 6 nitrogen and oxygen atoms in total. The Morgan fingerprint density at radius 2 is 1.63 bits per heavy atom. The van der Waals surface area contributed by atoms with Gasteiger partial charge in [0, 0.05) is 44.5 Å². The average molecular weight is 367 g/mol. The normalized spacial score (nSPS) is 14.0. The van der Waals surface area contributed by atoms with Gasteiger partial charge in [0.1, 0.15) is 5.75 Å². The molecular weight excluding hydrogens is 342 g/mol. The van der Waals surface area contributed by atoms with Crippen molar-refractivity contribution in [1.82, 2.24) is 4.90 Å². The van der Waals surface area contributed by atoms with Gasteiger partial charge < -0.3 is 19.9 Å². The minimum absolute atomic E-state index is 0.0777. The Morgan fingerprint density at radius 3 is 2.26 bits per heavy atom. The summed E-state index contributed by atoms with van der Waals surface area (Å²) in [5.74, 6) is 0.843. The Morgan fingerprint density at radius 1 is 0.963 bits per heavy atom. The number of nitrogens with zero attached hydrogens (tertiary/aromatic N) is 2.